The van der Waals surface area contributed by atoms with Crippen molar-refractivity contribution in [3.05, 3.63) is 27.7 Å². The number of hydrogen-bond acceptors (Lipinski definition) is 4. The quantitative estimate of drug-likeness (QED) is 0.770. The van der Waals surface area contributed by atoms with Crippen molar-refractivity contribution < 1.29 is 13.2 Å². The number of piperidine rings is 1. The first-order valence-electron chi connectivity index (χ1n) is 7.63. The zero-order chi connectivity index (χ0) is 17.0. The summed E-state index contributed by atoms with van der Waals surface area (Å²) < 4.78 is 32.6. The normalized spacial score (nSPS) is 17.6. The number of rotatable bonds is 6. The zero-order valence-electron chi connectivity index (χ0n) is 13.1. The van der Waals surface area contributed by atoms with E-state index in [1.165, 1.54) is 16.4 Å². The molecule has 23 heavy (non-hydrogen) atoms. The minimum atomic E-state index is -3.58. The second-order valence-corrected chi connectivity index (χ2v) is 8.38. The number of benzene rings is 1. The molecule has 1 aromatic rings. The summed E-state index contributed by atoms with van der Waals surface area (Å²) in [6.07, 6.45) is 2.27. The highest BCUT2D eigenvalue weighted by Crippen LogP contribution is 2.30. The molecule has 2 N–H and O–H groups in total. The molecule has 130 valence electrons. The van der Waals surface area contributed by atoms with E-state index in [1.54, 1.807) is 6.92 Å². The fraction of sp³-hybridized carbons (Fsp3) is 0.600. The third-order valence-corrected chi connectivity index (χ3v) is 6.66. The monoisotopic (exact) mass is 380 g/mol. The molecule has 0 atom stereocenters. The van der Waals surface area contributed by atoms with Crippen molar-refractivity contribution in [3.8, 4) is 0 Å². The van der Waals surface area contributed by atoms with Crippen LogP contribution in [0.3, 0.4) is 0 Å². The summed E-state index contributed by atoms with van der Waals surface area (Å²) >= 11 is 12.1. The SMILES string of the molecule is Cc1c(Cl)cc(S(=O)(=O)N2CCC(OCCCN)CC2)cc1Cl. The van der Waals surface area contributed by atoms with Crippen LogP contribution >= 0.6 is 23.2 Å². The highest BCUT2D eigenvalue weighted by molar-refractivity contribution is 7.89. The average Bonchev–Trinajstić information content (AvgIpc) is 2.53. The van der Waals surface area contributed by atoms with Gasteiger partial charge in [0.05, 0.1) is 11.0 Å². The molecule has 1 aliphatic rings. The second kappa shape index (κ2) is 8.14. The Labute approximate surface area is 147 Å². The van der Waals surface area contributed by atoms with Crippen LogP contribution in [0.2, 0.25) is 10.0 Å². The lowest BCUT2D eigenvalue weighted by Gasteiger charge is -2.31. The summed E-state index contributed by atoms with van der Waals surface area (Å²) in [5, 5.41) is 0.715. The average molecular weight is 381 g/mol. The Kier molecular flexibility index (Phi) is 6.71. The summed E-state index contributed by atoms with van der Waals surface area (Å²) in [5.74, 6) is 0. The van der Waals surface area contributed by atoms with E-state index in [4.69, 9.17) is 33.7 Å². The van der Waals surface area contributed by atoms with Crippen molar-refractivity contribution in [1.29, 1.82) is 0 Å². The Balaban J connectivity index is 2.05. The molecular formula is C15H22Cl2N2O3S. The first-order valence-corrected chi connectivity index (χ1v) is 9.83. The maximum Gasteiger partial charge on any atom is 0.243 e. The summed E-state index contributed by atoms with van der Waals surface area (Å²) in [5.41, 5.74) is 6.11. The van der Waals surface area contributed by atoms with E-state index < -0.39 is 10.0 Å². The van der Waals surface area contributed by atoms with E-state index in [-0.39, 0.29) is 11.0 Å². The molecule has 0 radical (unpaired) electrons. The maximum atomic E-state index is 12.7. The van der Waals surface area contributed by atoms with Crippen LogP contribution in [0.1, 0.15) is 24.8 Å². The van der Waals surface area contributed by atoms with E-state index in [0.717, 1.165) is 6.42 Å². The summed E-state index contributed by atoms with van der Waals surface area (Å²) in [6, 6.07) is 2.92. The Hall–Kier alpha value is -0.370. The molecule has 1 saturated heterocycles. The van der Waals surface area contributed by atoms with Gasteiger partial charge in [-0.2, -0.15) is 4.31 Å². The number of hydrogen-bond donors (Lipinski definition) is 1. The fourth-order valence-corrected chi connectivity index (χ4v) is 4.63. The van der Waals surface area contributed by atoms with Crippen molar-refractivity contribution in [1.82, 2.24) is 4.31 Å². The molecule has 0 amide bonds. The Morgan fingerprint density at radius 2 is 1.83 bits per heavy atom. The minimum Gasteiger partial charge on any atom is -0.378 e. The topological polar surface area (TPSA) is 72.6 Å². The van der Waals surface area contributed by atoms with Crippen LogP contribution in [-0.4, -0.2) is 45.1 Å². The molecule has 0 aliphatic carbocycles. The van der Waals surface area contributed by atoms with Gasteiger partial charge in [-0.15, -0.1) is 0 Å². The molecule has 0 spiro atoms. The molecule has 1 aromatic carbocycles. The molecule has 0 bridgehead atoms. The fourth-order valence-electron chi connectivity index (χ4n) is 2.49. The largest absolute Gasteiger partial charge is 0.378 e. The van der Waals surface area contributed by atoms with E-state index in [1.807, 2.05) is 0 Å². The molecular weight excluding hydrogens is 359 g/mol. The van der Waals surface area contributed by atoms with Gasteiger partial charge in [-0.25, -0.2) is 8.42 Å². The van der Waals surface area contributed by atoms with Gasteiger partial charge in [-0.05, 0) is 50.4 Å². The van der Waals surface area contributed by atoms with Crippen LogP contribution < -0.4 is 5.73 Å². The first kappa shape index (κ1) is 19.0. The molecule has 0 aromatic heterocycles. The van der Waals surface area contributed by atoms with Gasteiger partial charge in [0.25, 0.3) is 0 Å². The van der Waals surface area contributed by atoms with Crippen molar-refractivity contribution in [2.24, 2.45) is 5.73 Å². The summed E-state index contributed by atoms with van der Waals surface area (Å²) in [4.78, 5) is 0.139. The Morgan fingerprint density at radius 3 is 2.35 bits per heavy atom. The molecule has 1 aliphatic heterocycles. The van der Waals surface area contributed by atoms with Gasteiger partial charge in [0.15, 0.2) is 0 Å². The second-order valence-electron chi connectivity index (χ2n) is 5.63. The van der Waals surface area contributed by atoms with Crippen molar-refractivity contribution in [3.63, 3.8) is 0 Å². The van der Waals surface area contributed by atoms with Crippen LogP contribution in [0, 0.1) is 6.92 Å². The van der Waals surface area contributed by atoms with Gasteiger partial charge >= 0.3 is 0 Å². The van der Waals surface area contributed by atoms with Crippen LogP contribution in [0.4, 0.5) is 0 Å². The first-order chi connectivity index (χ1) is 10.9. The van der Waals surface area contributed by atoms with Crippen molar-refractivity contribution in [2.75, 3.05) is 26.2 Å². The molecule has 8 heteroatoms. The van der Waals surface area contributed by atoms with Gasteiger partial charge in [0, 0.05) is 29.7 Å². The lowest BCUT2D eigenvalue weighted by Crippen LogP contribution is -2.41. The molecule has 5 nitrogen and oxygen atoms in total. The van der Waals surface area contributed by atoms with Gasteiger partial charge in [-0.3, -0.25) is 0 Å². The Bertz CT molecular complexity index is 621. The van der Waals surface area contributed by atoms with E-state index in [9.17, 15) is 8.42 Å². The predicted octanol–water partition coefficient (Wildman–Crippen LogP) is 2.82. The molecule has 0 saturated carbocycles. The van der Waals surface area contributed by atoms with Crippen molar-refractivity contribution in [2.45, 2.75) is 37.2 Å². The minimum absolute atomic E-state index is 0.0955. The highest BCUT2D eigenvalue weighted by Gasteiger charge is 2.30. The third-order valence-electron chi connectivity index (χ3n) is 4.00. The van der Waals surface area contributed by atoms with Gasteiger partial charge in [0.1, 0.15) is 0 Å². The number of nitrogens with two attached hydrogens (primary N) is 1. The number of sulfonamides is 1. The summed E-state index contributed by atoms with van der Waals surface area (Å²) in [6.45, 7) is 3.84. The standard InChI is InChI=1S/C15H22Cl2N2O3S/c1-11-14(16)9-13(10-15(11)17)23(20,21)19-6-3-12(4-7-19)22-8-2-5-18/h9-10,12H,2-8,18H2,1H3. The molecule has 0 unspecified atom stereocenters. The maximum absolute atomic E-state index is 12.7. The van der Waals surface area contributed by atoms with Crippen LogP contribution in [0.25, 0.3) is 0 Å². The Morgan fingerprint density at radius 1 is 1.26 bits per heavy atom. The predicted molar refractivity (Wildman–Crippen MR) is 92.6 cm³/mol. The van der Waals surface area contributed by atoms with Gasteiger partial charge < -0.3 is 10.5 Å². The smallest absolute Gasteiger partial charge is 0.243 e. The molecule has 1 heterocycles. The van der Waals surface area contributed by atoms with Crippen LogP contribution in [0.5, 0.6) is 0 Å². The lowest BCUT2D eigenvalue weighted by molar-refractivity contribution is 0.0209. The van der Waals surface area contributed by atoms with Crippen LogP contribution in [0.15, 0.2) is 17.0 Å². The highest BCUT2D eigenvalue weighted by atomic mass is 35.5. The molecule has 2 rings (SSSR count). The van der Waals surface area contributed by atoms with Gasteiger partial charge in [-0.1, -0.05) is 23.2 Å². The van der Waals surface area contributed by atoms with E-state index in [0.29, 0.717) is 54.7 Å². The van der Waals surface area contributed by atoms with E-state index >= 15 is 0 Å². The lowest BCUT2D eigenvalue weighted by atomic mass is 10.1. The molecule has 1 fully saturated rings. The van der Waals surface area contributed by atoms with Gasteiger partial charge in [0.2, 0.25) is 10.0 Å². The summed E-state index contributed by atoms with van der Waals surface area (Å²) in [7, 11) is -3.58. The zero-order valence-corrected chi connectivity index (χ0v) is 15.4. The number of nitrogens with zero attached hydrogens (tertiary/aromatic N) is 1. The third kappa shape index (κ3) is 4.59. The van der Waals surface area contributed by atoms with Crippen LogP contribution in [-0.2, 0) is 14.8 Å². The van der Waals surface area contributed by atoms with E-state index in [2.05, 4.69) is 0 Å². The number of ether oxygens (including phenoxy) is 1. The number of halogens is 2. The van der Waals surface area contributed by atoms with Crippen molar-refractivity contribution >= 4 is 33.2 Å².